The lowest BCUT2D eigenvalue weighted by Crippen LogP contribution is -2.45. The summed E-state index contributed by atoms with van der Waals surface area (Å²) in [5.74, 6) is -1.33. The molecule has 2 amide bonds. The third kappa shape index (κ3) is 3.92. The number of ether oxygens (including phenoxy) is 1. The van der Waals surface area contributed by atoms with Crippen molar-refractivity contribution in [3.8, 4) is 0 Å². The molecule has 1 aliphatic carbocycles. The molecule has 3 aliphatic rings. The highest BCUT2D eigenvalue weighted by Gasteiger charge is 2.42. The zero-order chi connectivity index (χ0) is 17.3. The Hall–Kier alpha value is -1.97. The van der Waals surface area contributed by atoms with Gasteiger partial charge < -0.3 is 9.64 Å². The number of carbonyl (C=O) groups excluding carboxylic acids is 3. The lowest BCUT2D eigenvalue weighted by Gasteiger charge is -2.28. The maximum Gasteiger partial charge on any atom is 0.355 e. The minimum absolute atomic E-state index is 0.0259. The molecule has 9 nitrogen and oxygen atoms in total. The summed E-state index contributed by atoms with van der Waals surface area (Å²) < 4.78 is 28.3. The van der Waals surface area contributed by atoms with Crippen LogP contribution in [-0.2, 0) is 29.0 Å². The summed E-state index contributed by atoms with van der Waals surface area (Å²) in [6.07, 6.45) is 2.43. The van der Waals surface area contributed by atoms with E-state index in [4.69, 9.17) is 4.74 Å². The normalized spacial score (nSPS) is 25.6. The van der Waals surface area contributed by atoms with Crippen LogP contribution >= 0.6 is 0 Å². The van der Waals surface area contributed by atoms with E-state index in [0.29, 0.717) is 6.42 Å². The molecule has 0 radical (unpaired) electrons. The van der Waals surface area contributed by atoms with E-state index < -0.39 is 22.4 Å². The van der Waals surface area contributed by atoms with E-state index in [-0.39, 0.29) is 54.0 Å². The number of esters is 1. The van der Waals surface area contributed by atoms with Crippen LogP contribution < -0.4 is 5.43 Å². The van der Waals surface area contributed by atoms with E-state index >= 15 is 0 Å². The monoisotopic (exact) mass is 357 g/mol. The van der Waals surface area contributed by atoms with E-state index in [1.54, 1.807) is 4.90 Å². The number of nitrogens with zero attached hydrogens (tertiary/aromatic N) is 2. The Morgan fingerprint density at radius 3 is 2.50 bits per heavy atom. The molecule has 132 valence electrons. The first-order chi connectivity index (χ1) is 11.4. The summed E-state index contributed by atoms with van der Waals surface area (Å²) in [7, 11) is -3.09. The van der Waals surface area contributed by atoms with Gasteiger partial charge in [-0.1, -0.05) is 0 Å². The zero-order valence-electron chi connectivity index (χ0n) is 13.1. The van der Waals surface area contributed by atoms with Crippen molar-refractivity contribution in [2.75, 3.05) is 18.1 Å². The van der Waals surface area contributed by atoms with Crippen LogP contribution in [0.1, 0.15) is 32.1 Å². The Morgan fingerprint density at radius 1 is 1.21 bits per heavy atom. The fourth-order valence-electron chi connectivity index (χ4n) is 2.96. The molecule has 2 aliphatic heterocycles. The molecule has 0 aromatic carbocycles. The second-order valence-electron chi connectivity index (χ2n) is 6.26. The van der Waals surface area contributed by atoms with Gasteiger partial charge in [0.2, 0.25) is 5.91 Å². The van der Waals surface area contributed by atoms with Gasteiger partial charge >= 0.3 is 5.97 Å². The van der Waals surface area contributed by atoms with Crippen molar-refractivity contribution in [3.63, 3.8) is 0 Å². The molecule has 0 spiro atoms. The van der Waals surface area contributed by atoms with Gasteiger partial charge in [0.05, 0.1) is 11.5 Å². The molecule has 1 saturated heterocycles. The van der Waals surface area contributed by atoms with Crippen molar-refractivity contribution in [1.29, 1.82) is 0 Å². The summed E-state index contributed by atoms with van der Waals surface area (Å²) >= 11 is 0. The Bertz CT molecular complexity index is 697. The predicted octanol–water partition coefficient (Wildman–Crippen LogP) is -1.03. The van der Waals surface area contributed by atoms with Crippen LogP contribution in [0.4, 0.5) is 0 Å². The third-order valence-electron chi connectivity index (χ3n) is 4.30. The summed E-state index contributed by atoms with van der Waals surface area (Å²) in [5.41, 5.74) is 2.26. The molecule has 0 aromatic rings. The lowest BCUT2D eigenvalue weighted by atomic mass is 10.2. The van der Waals surface area contributed by atoms with E-state index in [1.165, 1.54) is 0 Å². The van der Waals surface area contributed by atoms with Crippen LogP contribution in [0.5, 0.6) is 0 Å². The SMILES string of the molecule is O=C1CCC(C(=O)OCC(=O)N(C2CC2)[C@@H]2CCS(=O)(=O)C2)=NN1. The summed E-state index contributed by atoms with van der Waals surface area (Å²) in [5, 5.41) is 3.62. The molecule has 24 heavy (non-hydrogen) atoms. The molecule has 2 fully saturated rings. The summed E-state index contributed by atoms with van der Waals surface area (Å²) in [6, 6.07) is -0.291. The topological polar surface area (TPSA) is 122 Å². The van der Waals surface area contributed by atoms with Crippen LogP contribution in [0.3, 0.4) is 0 Å². The first kappa shape index (κ1) is 16.9. The van der Waals surface area contributed by atoms with Crippen LogP contribution in [0.25, 0.3) is 0 Å². The Morgan fingerprint density at radius 2 is 1.96 bits per heavy atom. The van der Waals surface area contributed by atoms with Gasteiger partial charge in [-0.15, -0.1) is 0 Å². The van der Waals surface area contributed by atoms with Gasteiger partial charge in [0.1, 0.15) is 5.71 Å². The van der Waals surface area contributed by atoms with Gasteiger partial charge in [-0.25, -0.2) is 18.6 Å². The van der Waals surface area contributed by atoms with Crippen LogP contribution in [0, 0.1) is 0 Å². The standard InChI is InChI=1S/C14H19N3O6S/c18-12-4-3-11(15-16-12)14(20)23-7-13(19)17(9-1-2-9)10-5-6-24(21,22)8-10/h9-10H,1-8H2,(H,16,18)/t10-/m1/s1. The minimum Gasteiger partial charge on any atom is -0.451 e. The van der Waals surface area contributed by atoms with E-state index in [2.05, 4.69) is 10.5 Å². The largest absolute Gasteiger partial charge is 0.451 e. The smallest absolute Gasteiger partial charge is 0.355 e. The molecule has 1 atom stereocenters. The molecular formula is C14H19N3O6S. The minimum atomic E-state index is -3.09. The highest BCUT2D eigenvalue weighted by Crippen LogP contribution is 2.32. The predicted molar refractivity (Wildman–Crippen MR) is 82.7 cm³/mol. The van der Waals surface area contributed by atoms with Crippen LogP contribution in [-0.4, -0.2) is 67.0 Å². The Balaban J connectivity index is 1.56. The number of sulfone groups is 1. The highest BCUT2D eigenvalue weighted by atomic mass is 32.2. The van der Waals surface area contributed by atoms with Gasteiger partial charge in [0, 0.05) is 24.9 Å². The second-order valence-corrected chi connectivity index (χ2v) is 8.49. The number of hydrazone groups is 1. The van der Waals surface area contributed by atoms with Crippen molar-refractivity contribution in [1.82, 2.24) is 10.3 Å². The molecule has 1 N–H and O–H groups in total. The Labute approximate surface area is 139 Å². The first-order valence-electron chi connectivity index (χ1n) is 7.90. The van der Waals surface area contributed by atoms with Crippen LogP contribution in [0.15, 0.2) is 5.10 Å². The van der Waals surface area contributed by atoms with Gasteiger partial charge in [0.15, 0.2) is 16.4 Å². The number of nitrogens with one attached hydrogen (secondary N) is 1. The van der Waals surface area contributed by atoms with Crippen molar-refractivity contribution < 1.29 is 27.5 Å². The van der Waals surface area contributed by atoms with Gasteiger partial charge in [-0.3, -0.25) is 9.59 Å². The zero-order valence-corrected chi connectivity index (χ0v) is 13.9. The van der Waals surface area contributed by atoms with Gasteiger partial charge in [-0.2, -0.15) is 5.10 Å². The third-order valence-corrected chi connectivity index (χ3v) is 6.05. The number of amides is 2. The second kappa shape index (κ2) is 6.50. The van der Waals surface area contributed by atoms with Crippen molar-refractivity contribution in [2.24, 2.45) is 5.10 Å². The molecule has 2 heterocycles. The fourth-order valence-corrected chi connectivity index (χ4v) is 4.67. The fraction of sp³-hybridized carbons (Fsp3) is 0.714. The summed E-state index contributed by atoms with van der Waals surface area (Å²) in [6.45, 7) is -0.446. The number of carbonyl (C=O) groups is 3. The van der Waals surface area contributed by atoms with E-state index in [1.807, 2.05) is 0 Å². The molecule has 1 saturated carbocycles. The quantitative estimate of drug-likeness (QED) is 0.628. The highest BCUT2D eigenvalue weighted by molar-refractivity contribution is 7.91. The van der Waals surface area contributed by atoms with Crippen molar-refractivity contribution in [3.05, 3.63) is 0 Å². The lowest BCUT2D eigenvalue weighted by molar-refractivity contribution is -0.148. The molecule has 0 unspecified atom stereocenters. The maximum atomic E-state index is 12.4. The number of rotatable bonds is 5. The summed E-state index contributed by atoms with van der Waals surface area (Å²) in [4.78, 5) is 36.8. The number of hydrogen-bond acceptors (Lipinski definition) is 7. The van der Waals surface area contributed by atoms with Crippen molar-refractivity contribution >= 4 is 33.3 Å². The first-order valence-corrected chi connectivity index (χ1v) is 9.72. The molecule has 10 heteroatoms. The maximum absolute atomic E-state index is 12.4. The number of hydrogen-bond donors (Lipinski definition) is 1. The molecule has 3 rings (SSSR count). The average Bonchev–Trinajstić information content (AvgIpc) is 3.29. The van der Waals surface area contributed by atoms with Gasteiger partial charge in [-0.05, 0) is 19.3 Å². The molecule has 0 bridgehead atoms. The van der Waals surface area contributed by atoms with E-state index in [0.717, 1.165) is 12.8 Å². The molecule has 0 aromatic heterocycles. The Kier molecular flexibility index (Phi) is 4.57. The van der Waals surface area contributed by atoms with Crippen LogP contribution in [0.2, 0.25) is 0 Å². The molecular weight excluding hydrogens is 338 g/mol. The van der Waals surface area contributed by atoms with Crippen molar-refractivity contribution in [2.45, 2.75) is 44.2 Å². The average molecular weight is 357 g/mol. The van der Waals surface area contributed by atoms with E-state index in [9.17, 15) is 22.8 Å². The van der Waals surface area contributed by atoms with Gasteiger partial charge in [0.25, 0.3) is 5.91 Å².